The topological polar surface area (TPSA) is 84.8 Å². The van der Waals surface area contributed by atoms with Gasteiger partial charge in [0.15, 0.2) is 5.82 Å². The summed E-state index contributed by atoms with van der Waals surface area (Å²) in [6, 6.07) is 11.2. The van der Waals surface area contributed by atoms with Gasteiger partial charge in [-0.1, -0.05) is 23.7 Å². The van der Waals surface area contributed by atoms with Gasteiger partial charge in [-0.15, -0.1) is 5.10 Å². The van der Waals surface area contributed by atoms with Crippen molar-refractivity contribution in [1.29, 1.82) is 0 Å². The average molecular weight is 360 g/mol. The molecular weight excluding hydrogens is 342 g/mol. The molecule has 0 spiro atoms. The van der Waals surface area contributed by atoms with E-state index in [0.29, 0.717) is 17.5 Å². The number of aromatic amines is 1. The lowest BCUT2D eigenvalue weighted by atomic mass is 10.0. The van der Waals surface area contributed by atoms with E-state index in [1.807, 2.05) is 53.4 Å². The number of halogens is 1. The van der Waals surface area contributed by atoms with Crippen molar-refractivity contribution in [3.8, 4) is 0 Å². The summed E-state index contributed by atoms with van der Waals surface area (Å²) in [4.78, 5) is 16.6. The number of nitrogens with zero attached hydrogens (tertiary/aromatic N) is 3. The Hall–Kier alpha value is -2.64. The maximum absolute atomic E-state index is 12.4. The van der Waals surface area contributed by atoms with Gasteiger partial charge >= 0.3 is 0 Å². The van der Waals surface area contributed by atoms with E-state index in [4.69, 9.17) is 16.3 Å². The summed E-state index contributed by atoms with van der Waals surface area (Å²) in [6.07, 6.45) is 4.09. The van der Waals surface area contributed by atoms with Crippen LogP contribution >= 0.6 is 11.6 Å². The Balaban J connectivity index is 1.73. The first-order chi connectivity index (χ1) is 12.2. The molecule has 2 aromatic heterocycles. The summed E-state index contributed by atoms with van der Waals surface area (Å²) in [7, 11) is 1.56. The Labute approximate surface area is 150 Å². The van der Waals surface area contributed by atoms with Gasteiger partial charge in [0.25, 0.3) is 0 Å². The van der Waals surface area contributed by atoms with Crippen molar-refractivity contribution in [2.45, 2.75) is 19.1 Å². The third-order valence-corrected chi connectivity index (χ3v) is 3.94. The lowest BCUT2D eigenvalue weighted by molar-refractivity contribution is -0.116. The molecule has 0 bridgehead atoms. The van der Waals surface area contributed by atoms with E-state index in [0.717, 1.165) is 5.56 Å². The lowest BCUT2D eigenvalue weighted by Crippen LogP contribution is -2.20. The molecule has 2 N–H and O–H groups in total. The largest absolute Gasteiger partial charge is 0.377 e. The fraction of sp³-hybridized carbons (Fsp3) is 0.235. The standard InChI is InChI=1S/C17H18ClN5O2/c1-25-11-15-19-17(22-21-15)20-16(24)10-14(23-8-2-3-9-23)12-4-6-13(18)7-5-12/h2-9,14H,10-11H2,1H3,(H2,19,20,21,22,24). The molecule has 0 radical (unpaired) electrons. The summed E-state index contributed by atoms with van der Waals surface area (Å²) in [5.41, 5.74) is 0.991. The molecule has 0 fully saturated rings. The number of ether oxygens (including phenoxy) is 1. The monoisotopic (exact) mass is 359 g/mol. The highest BCUT2D eigenvalue weighted by atomic mass is 35.5. The number of carbonyl (C=O) groups is 1. The van der Waals surface area contributed by atoms with Gasteiger partial charge in [-0.3, -0.25) is 15.2 Å². The van der Waals surface area contributed by atoms with Gasteiger partial charge < -0.3 is 9.30 Å². The highest BCUT2D eigenvalue weighted by molar-refractivity contribution is 6.30. The molecule has 7 nitrogen and oxygen atoms in total. The number of aromatic nitrogens is 4. The van der Waals surface area contributed by atoms with Crippen molar-refractivity contribution < 1.29 is 9.53 Å². The Morgan fingerprint density at radius 1 is 1.32 bits per heavy atom. The molecule has 3 rings (SSSR count). The minimum atomic E-state index is -0.184. The summed E-state index contributed by atoms with van der Waals surface area (Å²) >= 11 is 5.97. The van der Waals surface area contributed by atoms with Crippen LogP contribution in [0.15, 0.2) is 48.8 Å². The van der Waals surface area contributed by atoms with Crippen LogP contribution in [0.3, 0.4) is 0 Å². The Kier molecular flexibility index (Phi) is 5.47. The van der Waals surface area contributed by atoms with Crippen LogP contribution in [-0.2, 0) is 16.1 Å². The molecule has 1 aromatic carbocycles. The fourth-order valence-electron chi connectivity index (χ4n) is 2.54. The Morgan fingerprint density at radius 2 is 2.04 bits per heavy atom. The number of rotatable bonds is 7. The number of anilines is 1. The lowest BCUT2D eigenvalue weighted by Gasteiger charge is -2.19. The maximum Gasteiger partial charge on any atom is 0.248 e. The van der Waals surface area contributed by atoms with E-state index in [1.165, 1.54) is 0 Å². The molecule has 0 aliphatic rings. The van der Waals surface area contributed by atoms with Gasteiger partial charge in [0.1, 0.15) is 6.61 Å². The van der Waals surface area contributed by atoms with Crippen molar-refractivity contribution in [2.75, 3.05) is 12.4 Å². The highest BCUT2D eigenvalue weighted by Crippen LogP contribution is 2.24. The summed E-state index contributed by atoms with van der Waals surface area (Å²) in [6.45, 7) is 0.305. The quantitative estimate of drug-likeness (QED) is 0.679. The molecule has 1 atom stereocenters. The van der Waals surface area contributed by atoms with Crippen LogP contribution in [0.5, 0.6) is 0 Å². The number of hydrogen-bond donors (Lipinski definition) is 2. The molecule has 0 aliphatic carbocycles. The number of H-pyrrole nitrogens is 1. The maximum atomic E-state index is 12.4. The molecule has 2 heterocycles. The zero-order valence-corrected chi connectivity index (χ0v) is 14.4. The normalized spacial score (nSPS) is 12.1. The van der Waals surface area contributed by atoms with Crippen LogP contribution in [0.4, 0.5) is 5.95 Å². The van der Waals surface area contributed by atoms with Gasteiger partial charge in [0, 0.05) is 24.5 Å². The SMILES string of the molecule is COCc1nc(NC(=O)CC(c2ccc(Cl)cc2)n2cccc2)n[nH]1. The zero-order valence-electron chi connectivity index (χ0n) is 13.6. The summed E-state index contributed by atoms with van der Waals surface area (Å²) < 4.78 is 6.95. The van der Waals surface area contributed by atoms with Crippen LogP contribution in [-0.4, -0.2) is 32.8 Å². The van der Waals surface area contributed by atoms with E-state index in [-0.39, 0.29) is 24.3 Å². The Morgan fingerprint density at radius 3 is 2.72 bits per heavy atom. The number of benzene rings is 1. The molecule has 0 saturated heterocycles. The van der Waals surface area contributed by atoms with Crippen molar-refractivity contribution in [3.63, 3.8) is 0 Å². The van der Waals surface area contributed by atoms with Gasteiger partial charge in [0.05, 0.1) is 12.5 Å². The van der Waals surface area contributed by atoms with E-state index < -0.39 is 0 Å². The van der Waals surface area contributed by atoms with Gasteiger partial charge in [-0.25, -0.2) is 0 Å². The van der Waals surface area contributed by atoms with Crippen LogP contribution < -0.4 is 5.32 Å². The molecule has 0 saturated carbocycles. The van der Waals surface area contributed by atoms with E-state index in [1.54, 1.807) is 7.11 Å². The van der Waals surface area contributed by atoms with E-state index >= 15 is 0 Å². The average Bonchev–Trinajstić information content (AvgIpc) is 3.26. The van der Waals surface area contributed by atoms with Crippen LogP contribution in [0.2, 0.25) is 5.02 Å². The second-order valence-corrected chi connectivity index (χ2v) is 5.93. The molecule has 25 heavy (non-hydrogen) atoms. The second kappa shape index (κ2) is 7.96. The predicted molar refractivity (Wildman–Crippen MR) is 94.4 cm³/mol. The van der Waals surface area contributed by atoms with Gasteiger partial charge in [0.2, 0.25) is 11.9 Å². The first-order valence-electron chi connectivity index (χ1n) is 7.73. The number of nitrogens with one attached hydrogen (secondary N) is 2. The van der Waals surface area contributed by atoms with Crippen molar-refractivity contribution >= 4 is 23.5 Å². The third kappa shape index (κ3) is 4.46. The molecule has 1 unspecified atom stereocenters. The molecule has 130 valence electrons. The molecular formula is C17H18ClN5O2. The van der Waals surface area contributed by atoms with Crippen molar-refractivity contribution in [3.05, 3.63) is 65.2 Å². The summed E-state index contributed by atoms with van der Waals surface area (Å²) in [5.74, 6) is 0.605. The van der Waals surface area contributed by atoms with Gasteiger partial charge in [-0.2, -0.15) is 4.98 Å². The number of methoxy groups -OCH3 is 1. The number of hydrogen-bond acceptors (Lipinski definition) is 4. The van der Waals surface area contributed by atoms with E-state index in [9.17, 15) is 4.79 Å². The molecule has 0 aliphatic heterocycles. The van der Waals surface area contributed by atoms with Crippen LogP contribution in [0.1, 0.15) is 23.9 Å². The van der Waals surface area contributed by atoms with E-state index in [2.05, 4.69) is 20.5 Å². The fourth-order valence-corrected chi connectivity index (χ4v) is 2.67. The molecule has 8 heteroatoms. The Bertz CT molecular complexity index is 814. The minimum absolute atomic E-state index is 0.148. The van der Waals surface area contributed by atoms with Crippen LogP contribution in [0, 0.1) is 0 Å². The third-order valence-electron chi connectivity index (χ3n) is 3.68. The van der Waals surface area contributed by atoms with Crippen molar-refractivity contribution in [2.24, 2.45) is 0 Å². The zero-order chi connectivity index (χ0) is 17.6. The number of amides is 1. The second-order valence-electron chi connectivity index (χ2n) is 5.49. The first-order valence-corrected chi connectivity index (χ1v) is 8.11. The summed E-state index contributed by atoms with van der Waals surface area (Å²) in [5, 5.41) is 10.0. The highest BCUT2D eigenvalue weighted by Gasteiger charge is 2.18. The smallest absolute Gasteiger partial charge is 0.248 e. The number of carbonyl (C=O) groups excluding carboxylic acids is 1. The van der Waals surface area contributed by atoms with Crippen LogP contribution in [0.25, 0.3) is 0 Å². The minimum Gasteiger partial charge on any atom is -0.377 e. The molecule has 1 amide bonds. The van der Waals surface area contributed by atoms with Gasteiger partial charge in [-0.05, 0) is 29.8 Å². The predicted octanol–water partition coefficient (Wildman–Crippen LogP) is 3.02. The van der Waals surface area contributed by atoms with Crippen molar-refractivity contribution in [1.82, 2.24) is 19.7 Å². The molecule has 3 aromatic rings. The first kappa shape index (κ1) is 17.2.